The Kier molecular flexibility index (Phi) is 1.56. The van der Waals surface area contributed by atoms with Gasteiger partial charge in [0.05, 0.1) is 12.2 Å². The van der Waals surface area contributed by atoms with E-state index in [0.717, 1.165) is 6.42 Å². The lowest BCUT2D eigenvalue weighted by Crippen LogP contribution is -2.31. The first-order valence-corrected chi connectivity index (χ1v) is 5.15. The molecule has 2 N–H and O–H groups in total. The quantitative estimate of drug-likeness (QED) is 0.647. The molecule has 2 heteroatoms. The SMILES string of the molecule is Cc1ccc2c(c1)C1CC2C(O)C1O. The molecule has 2 aliphatic rings. The zero-order valence-electron chi connectivity index (χ0n) is 8.14. The van der Waals surface area contributed by atoms with Gasteiger partial charge in [0.2, 0.25) is 0 Å². The standard InChI is InChI=1S/C12H14O2/c1-6-2-3-7-8(4-6)10-5-9(7)11(13)12(10)14/h2-4,9-14H,5H2,1H3. The summed E-state index contributed by atoms with van der Waals surface area (Å²) in [7, 11) is 0. The number of hydrogen-bond donors (Lipinski definition) is 2. The maximum Gasteiger partial charge on any atom is 0.0873 e. The van der Waals surface area contributed by atoms with Crippen molar-refractivity contribution < 1.29 is 10.2 Å². The molecule has 1 aromatic carbocycles. The number of aliphatic hydroxyl groups excluding tert-OH is 2. The minimum atomic E-state index is -0.547. The molecule has 0 saturated heterocycles. The van der Waals surface area contributed by atoms with E-state index in [1.54, 1.807) is 0 Å². The number of benzene rings is 1. The Bertz CT molecular complexity index is 386. The molecule has 2 aliphatic carbocycles. The Balaban J connectivity index is 2.15. The maximum absolute atomic E-state index is 9.78. The Morgan fingerprint density at radius 1 is 1.07 bits per heavy atom. The van der Waals surface area contributed by atoms with Crippen molar-refractivity contribution in [1.82, 2.24) is 0 Å². The third-order valence-corrected chi connectivity index (χ3v) is 3.72. The van der Waals surface area contributed by atoms with Gasteiger partial charge in [0.1, 0.15) is 0 Å². The van der Waals surface area contributed by atoms with Gasteiger partial charge < -0.3 is 10.2 Å². The summed E-state index contributed by atoms with van der Waals surface area (Å²) in [6, 6.07) is 6.33. The van der Waals surface area contributed by atoms with Crippen molar-refractivity contribution in [3.05, 3.63) is 34.9 Å². The molecule has 0 aliphatic heterocycles. The first kappa shape index (κ1) is 8.45. The fourth-order valence-electron chi connectivity index (χ4n) is 3.00. The van der Waals surface area contributed by atoms with Gasteiger partial charge in [0, 0.05) is 11.8 Å². The Morgan fingerprint density at radius 3 is 2.43 bits per heavy atom. The normalized spacial score (nSPS) is 38.8. The van der Waals surface area contributed by atoms with E-state index in [9.17, 15) is 10.2 Å². The molecule has 0 amide bonds. The monoisotopic (exact) mass is 190 g/mol. The average Bonchev–Trinajstić information content (AvgIpc) is 2.65. The zero-order chi connectivity index (χ0) is 9.87. The van der Waals surface area contributed by atoms with Crippen molar-refractivity contribution in [1.29, 1.82) is 0 Å². The maximum atomic E-state index is 9.78. The minimum absolute atomic E-state index is 0.171. The van der Waals surface area contributed by atoms with Crippen LogP contribution in [0.1, 0.15) is 34.9 Å². The number of fused-ring (bicyclic) bond motifs is 5. The third-order valence-electron chi connectivity index (χ3n) is 3.72. The molecule has 3 rings (SSSR count). The van der Waals surface area contributed by atoms with Crippen LogP contribution in [0.2, 0.25) is 0 Å². The molecule has 2 nitrogen and oxygen atoms in total. The molecule has 74 valence electrons. The van der Waals surface area contributed by atoms with E-state index in [2.05, 4.69) is 25.1 Å². The summed E-state index contributed by atoms with van der Waals surface area (Å²) < 4.78 is 0. The largest absolute Gasteiger partial charge is 0.390 e. The molecule has 14 heavy (non-hydrogen) atoms. The van der Waals surface area contributed by atoms with Crippen LogP contribution in [0.5, 0.6) is 0 Å². The summed E-state index contributed by atoms with van der Waals surface area (Å²) in [6.07, 6.45) is -0.175. The summed E-state index contributed by atoms with van der Waals surface area (Å²) in [5.74, 6) is 0.343. The van der Waals surface area contributed by atoms with Crippen molar-refractivity contribution in [2.75, 3.05) is 0 Å². The topological polar surface area (TPSA) is 40.5 Å². The van der Waals surface area contributed by atoms with E-state index < -0.39 is 12.2 Å². The van der Waals surface area contributed by atoms with Crippen LogP contribution in [0.15, 0.2) is 18.2 Å². The molecule has 1 aromatic rings. The van der Waals surface area contributed by atoms with Crippen LogP contribution in [-0.4, -0.2) is 22.4 Å². The molecule has 1 saturated carbocycles. The smallest absolute Gasteiger partial charge is 0.0873 e. The highest BCUT2D eigenvalue weighted by atomic mass is 16.3. The minimum Gasteiger partial charge on any atom is -0.390 e. The first-order valence-electron chi connectivity index (χ1n) is 5.15. The zero-order valence-corrected chi connectivity index (χ0v) is 8.14. The van der Waals surface area contributed by atoms with E-state index in [0.29, 0.717) is 0 Å². The van der Waals surface area contributed by atoms with E-state index in [-0.39, 0.29) is 11.8 Å². The van der Waals surface area contributed by atoms with Gasteiger partial charge in [-0.1, -0.05) is 23.8 Å². The molecule has 1 fully saturated rings. The summed E-state index contributed by atoms with van der Waals surface area (Å²) in [6.45, 7) is 2.06. The van der Waals surface area contributed by atoms with Gasteiger partial charge in [-0.05, 0) is 24.5 Å². The van der Waals surface area contributed by atoms with Gasteiger partial charge >= 0.3 is 0 Å². The Hall–Kier alpha value is -0.860. The van der Waals surface area contributed by atoms with E-state index in [1.165, 1.54) is 16.7 Å². The van der Waals surface area contributed by atoms with Gasteiger partial charge in [-0.15, -0.1) is 0 Å². The lowest BCUT2D eigenvalue weighted by Gasteiger charge is -2.25. The Labute approximate surface area is 83.2 Å². The van der Waals surface area contributed by atoms with Crippen molar-refractivity contribution >= 4 is 0 Å². The van der Waals surface area contributed by atoms with Crippen LogP contribution in [0.3, 0.4) is 0 Å². The highest BCUT2D eigenvalue weighted by Gasteiger charge is 2.49. The van der Waals surface area contributed by atoms with Crippen molar-refractivity contribution in [3.63, 3.8) is 0 Å². The van der Waals surface area contributed by atoms with Crippen LogP contribution in [-0.2, 0) is 0 Å². The van der Waals surface area contributed by atoms with Crippen molar-refractivity contribution in [3.8, 4) is 0 Å². The first-order chi connectivity index (χ1) is 6.68. The summed E-state index contributed by atoms with van der Waals surface area (Å²) in [4.78, 5) is 0. The van der Waals surface area contributed by atoms with E-state index in [4.69, 9.17) is 0 Å². The molecule has 0 aromatic heterocycles. The summed E-state index contributed by atoms with van der Waals surface area (Å²) in [5, 5.41) is 19.5. The molecule has 4 atom stereocenters. The predicted molar refractivity (Wildman–Crippen MR) is 53.3 cm³/mol. The van der Waals surface area contributed by atoms with Gasteiger partial charge in [-0.25, -0.2) is 0 Å². The second-order valence-electron chi connectivity index (χ2n) is 4.56. The van der Waals surface area contributed by atoms with Gasteiger partial charge in [0.25, 0.3) is 0 Å². The summed E-state index contributed by atoms with van der Waals surface area (Å²) >= 11 is 0. The van der Waals surface area contributed by atoms with Crippen LogP contribution >= 0.6 is 0 Å². The van der Waals surface area contributed by atoms with Crippen molar-refractivity contribution in [2.45, 2.75) is 37.4 Å². The highest BCUT2D eigenvalue weighted by molar-refractivity contribution is 5.46. The second-order valence-corrected chi connectivity index (χ2v) is 4.56. The summed E-state index contributed by atoms with van der Waals surface area (Å²) in [5.41, 5.74) is 3.74. The van der Waals surface area contributed by atoms with Crippen LogP contribution in [0, 0.1) is 6.92 Å². The van der Waals surface area contributed by atoms with E-state index >= 15 is 0 Å². The number of aryl methyl sites for hydroxylation is 1. The molecular formula is C12H14O2. The Morgan fingerprint density at radius 2 is 1.71 bits per heavy atom. The number of aliphatic hydroxyl groups is 2. The number of hydrogen-bond acceptors (Lipinski definition) is 2. The molecular weight excluding hydrogens is 176 g/mol. The lowest BCUT2D eigenvalue weighted by molar-refractivity contribution is 0.0216. The fourth-order valence-corrected chi connectivity index (χ4v) is 3.00. The van der Waals surface area contributed by atoms with Crippen LogP contribution < -0.4 is 0 Å². The van der Waals surface area contributed by atoms with Gasteiger partial charge in [-0.2, -0.15) is 0 Å². The van der Waals surface area contributed by atoms with Gasteiger partial charge in [0.15, 0.2) is 0 Å². The van der Waals surface area contributed by atoms with Crippen molar-refractivity contribution in [2.24, 2.45) is 0 Å². The van der Waals surface area contributed by atoms with E-state index in [1.807, 2.05) is 0 Å². The molecule has 0 heterocycles. The molecule has 4 unspecified atom stereocenters. The third kappa shape index (κ3) is 0.877. The number of rotatable bonds is 0. The predicted octanol–water partition coefficient (Wildman–Crippen LogP) is 1.30. The van der Waals surface area contributed by atoms with Crippen LogP contribution in [0.4, 0.5) is 0 Å². The molecule has 0 radical (unpaired) electrons. The molecule has 2 bridgehead atoms. The molecule has 0 spiro atoms. The highest BCUT2D eigenvalue weighted by Crippen LogP contribution is 2.53. The van der Waals surface area contributed by atoms with Crippen LogP contribution in [0.25, 0.3) is 0 Å². The fraction of sp³-hybridized carbons (Fsp3) is 0.500. The second kappa shape index (κ2) is 2.59. The van der Waals surface area contributed by atoms with Gasteiger partial charge in [-0.3, -0.25) is 0 Å². The average molecular weight is 190 g/mol. The lowest BCUT2D eigenvalue weighted by atomic mass is 9.87.